The van der Waals surface area contributed by atoms with E-state index in [9.17, 15) is 9.59 Å². The van der Waals surface area contributed by atoms with E-state index in [4.69, 9.17) is 0 Å². The first kappa shape index (κ1) is 18.3. The Balaban J connectivity index is 1.63. The van der Waals surface area contributed by atoms with Gasteiger partial charge in [-0.15, -0.1) is 11.3 Å². The van der Waals surface area contributed by atoms with Gasteiger partial charge in [-0.25, -0.2) is 4.90 Å². The molecule has 30 heavy (non-hydrogen) atoms. The number of fused-ring (bicyclic) bond motifs is 1. The minimum atomic E-state index is -0.347. The quantitative estimate of drug-likeness (QED) is 0.445. The fourth-order valence-corrected chi connectivity index (χ4v) is 4.46. The Bertz CT molecular complexity index is 1300. The number of nitrogens with zero attached hydrogens (tertiary/aromatic N) is 1. The molecule has 2 amide bonds. The van der Waals surface area contributed by atoms with Gasteiger partial charge in [-0.3, -0.25) is 9.59 Å². The molecule has 1 aromatic heterocycles. The predicted octanol–water partition coefficient (Wildman–Crippen LogP) is 5.61. The number of aryl methyl sites for hydroxylation is 1. The number of anilines is 2. The molecule has 0 unspecified atom stereocenters. The van der Waals surface area contributed by atoms with Crippen molar-refractivity contribution in [2.45, 2.75) is 6.92 Å². The first-order valence-electron chi connectivity index (χ1n) is 9.62. The van der Waals surface area contributed by atoms with Gasteiger partial charge >= 0.3 is 0 Å². The van der Waals surface area contributed by atoms with Gasteiger partial charge in [-0.05, 0) is 42.0 Å². The summed E-state index contributed by atoms with van der Waals surface area (Å²) in [5, 5.41) is 7.25. The summed E-state index contributed by atoms with van der Waals surface area (Å²) in [7, 11) is 0. The maximum Gasteiger partial charge on any atom is 0.282 e. The van der Waals surface area contributed by atoms with E-state index in [0.717, 1.165) is 26.9 Å². The number of thiophene rings is 1. The lowest BCUT2D eigenvalue weighted by Crippen LogP contribution is -2.32. The lowest BCUT2D eigenvalue weighted by molar-refractivity contribution is -0.120. The molecule has 0 fully saturated rings. The lowest BCUT2D eigenvalue weighted by Gasteiger charge is -2.16. The summed E-state index contributed by atoms with van der Waals surface area (Å²) in [6.45, 7) is 1.97. The van der Waals surface area contributed by atoms with E-state index in [2.05, 4.69) is 5.32 Å². The van der Waals surface area contributed by atoms with E-state index < -0.39 is 0 Å². The van der Waals surface area contributed by atoms with Gasteiger partial charge < -0.3 is 5.32 Å². The maximum absolute atomic E-state index is 13.4. The second kappa shape index (κ2) is 7.28. The number of carbonyl (C=O) groups excluding carboxylic acids is 2. The lowest BCUT2D eigenvalue weighted by atomic mass is 10.1. The van der Waals surface area contributed by atoms with Crippen LogP contribution < -0.4 is 10.2 Å². The summed E-state index contributed by atoms with van der Waals surface area (Å²) in [4.78, 5) is 28.8. The Hall–Kier alpha value is -3.70. The van der Waals surface area contributed by atoms with Crippen molar-refractivity contribution < 1.29 is 9.59 Å². The van der Waals surface area contributed by atoms with Crippen molar-refractivity contribution in [1.82, 2.24) is 0 Å². The molecule has 0 atom stereocenters. The molecule has 146 valence electrons. The Morgan fingerprint density at radius 2 is 1.57 bits per heavy atom. The van der Waals surface area contributed by atoms with Crippen LogP contribution in [0.4, 0.5) is 11.4 Å². The minimum absolute atomic E-state index is 0.305. The van der Waals surface area contributed by atoms with Crippen molar-refractivity contribution >= 4 is 50.9 Å². The summed E-state index contributed by atoms with van der Waals surface area (Å²) in [6, 6.07) is 25.0. The minimum Gasteiger partial charge on any atom is -0.350 e. The van der Waals surface area contributed by atoms with Crippen molar-refractivity contribution in [3.63, 3.8) is 0 Å². The Labute approximate surface area is 178 Å². The molecular formula is C25H18N2O2S. The van der Waals surface area contributed by atoms with Crippen LogP contribution in [0, 0.1) is 6.92 Å². The first-order valence-corrected chi connectivity index (χ1v) is 10.5. The molecule has 4 nitrogen and oxygen atoms in total. The highest BCUT2D eigenvalue weighted by molar-refractivity contribution is 7.11. The van der Waals surface area contributed by atoms with Gasteiger partial charge in [0.15, 0.2) is 0 Å². The first-order chi connectivity index (χ1) is 14.6. The van der Waals surface area contributed by atoms with Crippen LogP contribution in [0.25, 0.3) is 16.3 Å². The molecule has 0 spiro atoms. The smallest absolute Gasteiger partial charge is 0.282 e. The van der Waals surface area contributed by atoms with E-state index >= 15 is 0 Å². The fourth-order valence-electron chi connectivity index (χ4n) is 3.69. The van der Waals surface area contributed by atoms with E-state index in [0.29, 0.717) is 17.0 Å². The van der Waals surface area contributed by atoms with Gasteiger partial charge in [-0.2, -0.15) is 0 Å². The van der Waals surface area contributed by atoms with Crippen LogP contribution in [-0.2, 0) is 9.59 Å². The number of hydrogen-bond acceptors (Lipinski definition) is 4. The van der Waals surface area contributed by atoms with Crippen molar-refractivity contribution in [3.05, 3.63) is 100 Å². The summed E-state index contributed by atoms with van der Waals surface area (Å²) >= 11 is 1.45. The molecule has 1 aliphatic rings. The normalized spacial score (nSPS) is 14.1. The van der Waals surface area contributed by atoms with Crippen molar-refractivity contribution in [2.75, 3.05) is 10.2 Å². The number of amides is 2. The van der Waals surface area contributed by atoms with Crippen LogP contribution in [0.3, 0.4) is 0 Å². The molecule has 0 saturated heterocycles. The Morgan fingerprint density at radius 1 is 0.800 bits per heavy atom. The summed E-state index contributed by atoms with van der Waals surface area (Å²) < 4.78 is 0. The highest BCUT2D eigenvalue weighted by atomic mass is 32.1. The average molecular weight is 410 g/mol. The zero-order chi connectivity index (χ0) is 20.7. The number of hydrogen-bond donors (Lipinski definition) is 1. The molecule has 5 heteroatoms. The molecule has 2 heterocycles. The highest BCUT2D eigenvalue weighted by Gasteiger charge is 2.40. The van der Waals surface area contributed by atoms with Crippen molar-refractivity contribution in [3.8, 4) is 0 Å². The molecule has 0 radical (unpaired) electrons. The van der Waals surface area contributed by atoms with Crippen LogP contribution in [0.5, 0.6) is 0 Å². The van der Waals surface area contributed by atoms with Crippen LogP contribution in [0.2, 0.25) is 0 Å². The number of benzene rings is 3. The molecular weight excluding hydrogens is 392 g/mol. The standard InChI is InChI=1S/C25H18N2O2S/c1-16-11-13-18(14-12-16)27-24(28)22(21-10-5-15-30-21)23(25(27)29)26-20-9-4-7-17-6-2-3-8-19(17)20/h2-15,26H,1H3. The van der Waals surface area contributed by atoms with Crippen LogP contribution in [0.1, 0.15) is 10.4 Å². The van der Waals surface area contributed by atoms with Crippen LogP contribution in [-0.4, -0.2) is 11.8 Å². The van der Waals surface area contributed by atoms with Gasteiger partial charge in [-0.1, -0.05) is 60.2 Å². The molecule has 0 saturated carbocycles. The second-order valence-corrected chi connectivity index (χ2v) is 8.11. The van der Waals surface area contributed by atoms with Gasteiger partial charge in [0.05, 0.1) is 11.3 Å². The number of carbonyl (C=O) groups is 2. The molecule has 5 rings (SSSR count). The van der Waals surface area contributed by atoms with Crippen LogP contribution in [0.15, 0.2) is 89.9 Å². The van der Waals surface area contributed by atoms with E-state index in [1.54, 1.807) is 12.1 Å². The number of imide groups is 1. The third-order valence-electron chi connectivity index (χ3n) is 5.19. The third kappa shape index (κ3) is 3.00. The third-order valence-corrected chi connectivity index (χ3v) is 6.08. The molecule has 0 aliphatic carbocycles. The molecule has 1 N–H and O–H groups in total. The Kier molecular flexibility index (Phi) is 4.45. The molecule has 1 aliphatic heterocycles. The van der Waals surface area contributed by atoms with Gasteiger partial charge in [0.2, 0.25) is 0 Å². The van der Waals surface area contributed by atoms with Gasteiger partial charge in [0, 0.05) is 16.0 Å². The number of rotatable bonds is 4. The summed E-state index contributed by atoms with van der Waals surface area (Å²) in [5.41, 5.74) is 3.14. The summed E-state index contributed by atoms with van der Waals surface area (Å²) in [6.07, 6.45) is 0. The topological polar surface area (TPSA) is 49.4 Å². The van der Waals surface area contributed by atoms with E-state index in [-0.39, 0.29) is 11.8 Å². The average Bonchev–Trinajstić information content (AvgIpc) is 3.36. The monoisotopic (exact) mass is 410 g/mol. The van der Waals surface area contributed by atoms with Crippen molar-refractivity contribution in [2.24, 2.45) is 0 Å². The highest BCUT2D eigenvalue weighted by Crippen LogP contribution is 2.36. The predicted molar refractivity (Wildman–Crippen MR) is 122 cm³/mol. The van der Waals surface area contributed by atoms with E-state index in [1.165, 1.54) is 16.2 Å². The van der Waals surface area contributed by atoms with Gasteiger partial charge in [0.25, 0.3) is 11.8 Å². The molecule has 0 bridgehead atoms. The zero-order valence-corrected chi connectivity index (χ0v) is 17.1. The molecule has 3 aromatic carbocycles. The largest absolute Gasteiger partial charge is 0.350 e. The number of nitrogens with one attached hydrogen (secondary N) is 1. The Morgan fingerprint density at radius 3 is 2.33 bits per heavy atom. The van der Waals surface area contributed by atoms with E-state index in [1.807, 2.05) is 79.0 Å². The van der Waals surface area contributed by atoms with Crippen LogP contribution >= 0.6 is 11.3 Å². The SMILES string of the molecule is Cc1ccc(N2C(=O)C(Nc3cccc4ccccc34)=C(c3cccs3)C2=O)cc1. The van der Waals surface area contributed by atoms with Crippen molar-refractivity contribution in [1.29, 1.82) is 0 Å². The summed E-state index contributed by atoms with van der Waals surface area (Å²) in [5.74, 6) is -0.658. The fraction of sp³-hybridized carbons (Fsp3) is 0.0400. The second-order valence-electron chi connectivity index (χ2n) is 7.16. The maximum atomic E-state index is 13.4. The molecule has 4 aromatic rings. The zero-order valence-electron chi connectivity index (χ0n) is 16.3. The van der Waals surface area contributed by atoms with Gasteiger partial charge in [0.1, 0.15) is 5.70 Å².